The van der Waals surface area contributed by atoms with Crippen molar-refractivity contribution in [1.82, 2.24) is 5.32 Å². The van der Waals surface area contributed by atoms with E-state index in [0.717, 1.165) is 38.5 Å². The SMILES string of the molecule is CCCCCCCCCCC/C=C/[C@@H](O)[C@H](CO[C@@H]1O[C@H](CO)[C@H](O)C(O)C1O)NC(=O)CCCCCCCCCCCCCCCCCCCCCCCCCCCCCCCCCCCCC. The number of amides is 1. The van der Waals surface area contributed by atoms with E-state index in [-0.39, 0.29) is 12.5 Å². The molecule has 9 heteroatoms. The Kier molecular flexibility index (Phi) is 48.2. The average molecular weight is 981 g/mol. The van der Waals surface area contributed by atoms with Crippen LogP contribution in [0.3, 0.4) is 0 Å². The highest BCUT2D eigenvalue weighted by atomic mass is 16.7. The van der Waals surface area contributed by atoms with Crippen molar-refractivity contribution in [1.29, 1.82) is 0 Å². The van der Waals surface area contributed by atoms with Gasteiger partial charge >= 0.3 is 0 Å². The Balaban J connectivity index is 2.03. The Hall–Kier alpha value is -1.07. The summed E-state index contributed by atoms with van der Waals surface area (Å²) in [5, 5.41) is 54.3. The molecule has 9 nitrogen and oxygen atoms in total. The normalized spacial score (nSPS) is 19.4. The molecule has 0 aromatic carbocycles. The molecule has 1 saturated heterocycles. The molecule has 410 valence electrons. The number of ether oxygens (including phenoxy) is 2. The molecule has 0 spiro atoms. The van der Waals surface area contributed by atoms with E-state index in [4.69, 9.17) is 9.47 Å². The van der Waals surface area contributed by atoms with Gasteiger partial charge in [-0.05, 0) is 19.3 Å². The zero-order valence-corrected chi connectivity index (χ0v) is 45.6. The Morgan fingerprint density at radius 2 is 0.797 bits per heavy atom. The van der Waals surface area contributed by atoms with Gasteiger partial charge in [-0.1, -0.05) is 296 Å². The van der Waals surface area contributed by atoms with Crippen LogP contribution in [0.1, 0.15) is 309 Å². The van der Waals surface area contributed by atoms with E-state index in [1.54, 1.807) is 6.08 Å². The number of hydrogen-bond donors (Lipinski definition) is 6. The molecule has 0 bridgehead atoms. The van der Waals surface area contributed by atoms with Gasteiger partial charge < -0.3 is 40.3 Å². The van der Waals surface area contributed by atoms with Crippen molar-refractivity contribution in [2.24, 2.45) is 0 Å². The summed E-state index contributed by atoms with van der Waals surface area (Å²) >= 11 is 0. The van der Waals surface area contributed by atoms with Gasteiger partial charge in [-0.25, -0.2) is 0 Å². The Labute approximate surface area is 426 Å². The van der Waals surface area contributed by atoms with Crippen LogP contribution in [0.5, 0.6) is 0 Å². The number of unbranched alkanes of at least 4 members (excludes halogenated alkanes) is 43. The van der Waals surface area contributed by atoms with Crippen LogP contribution in [-0.4, -0.2) is 87.5 Å². The number of carbonyl (C=O) groups is 1. The van der Waals surface area contributed by atoms with Crippen molar-refractivity contribution >= 4 is 5.91 Å². The maximum atomic E-state index is 13.0. The highest BCUT2D eigenvalue weighted by molar-refractivity contribution is 5.76. The predicted octanol–water partition coefficient (Wildman–Crippen LogP) is 15.2. The summed E-state index contributed by atoms with van der Waals surface area (Å²) in [6.07, 6.45) is 56.1. The maximum absolute atomic E-state index is 13.0. The van der Waals surface area contributed by atoms with Gasteiger partial charge in [0, 0.05) is 6.42 Å². The van der Waals surface area contributed by atoms with E-state index in [1.165, 1.54) is 250 Å². The molecule has 1 aliphatic heterocycles. The van der Waals surface area contributed by atoms with Gasteiger partial charge in [-0.3, -0.25) is 4.79 Å². The van der Waals surface area contributed by atoms with E-state index < -0.39 is 49.5 Å². The molecule has 0 aromatic heterocycles. The van der Waals surface area contributed by atoms with Crippen molar-refractivity contribution in [3.63, 3.8) is 0 Å². The number of allylic oxidation sites excluding steroid dienone is 1. The third-order valence-electron chi connectivity index (χ3n) is 14.9. The quantitative estimate of drug-likeness (QED) is 0.0261. The molecule has 1 amide bonds. The number of carbonyl (C=O) groups excluding carboxylic acids is 1. The first-order valence-electron chi connectivity index (χ1n) is 30.4. The number of aliphatic hydroxyl groups excluding tert-OH is 5. The first kappa shape index (κ1) is 65.9. The number of aliphatic hydroxyl groups is 5. The van der Waals surface area contributed by atoms with E-state index >= 15 is 0 Å². The second-order valence-corrected chi connectivity index (χ2v) is 21.5. The van der Waals surface area contributed by atoms with Crippen LogP contribution >= 0.6 is 0 Å². The van der Waals surface area contributed by atoms with Crippen LogP contribution in [-0.2, 0) is 14.3 Å². The molecule has 0 saturated carbocycles. The first-order valence-corrected chi connectivity index (χ1v) is 30.4. The van der Waals surface area contributed by atoms with Crippen LogP contribution < -0.4 is 5.32 Å². The fourth-order valence-corrected chi connectivity index (χ4v) is 10.0. The highest BCUT2D eigenvalue weighted by Gasteiger charge is 2.44. The van der Waals surface area contributed by atoms with Gasteiger partial charge in [0.05, 0.1) is 25.4 Å². The molecule has 1 heterocycles. The summed E-state index contributed by atoms with van der Waals surface area (Å²) in [6, 6.07) is -0.799. The standard InChI is InChI=1S/C60H117NO8/c1-3-5-7-9-11-13-15-16-17-18-19-20-21-22-23-24-25-26-27-28-29-30-31-32-33-34-35-36-37-38-40-42-44-46-48-50-56(64)61-53(52-68-60-59(67)58(66)57(65)55(51-62)69-60)54(63)49-47-45-43-41-39-14-12-10-8-6-4-2/h47,49,53-55,57-60,62-63,65-67H,3-46,48,50-52H2,1-2H3,(H,61,64)/b49-47+/t53-,54+,55+,57-,58?,59?,60+/m0/s1. The summed E-state index contributed by atoms with van der Waals surface area (Å²) in [4.78, 5) is 13.0. The van der Waals surface area contributed by atoms with Gasteiger partial charge in [0.2, 0.25) is 5.91 Å². The second-order valence-electron chi connectivity index (χ2n) is 21.5. The highest BCUT2D eigenvalue weighted by Crippen LogP contribution is 2.23. The number of hydrogen-bond acceptors (Lipinski definition) is 8. The fourth-order valence-electron chi connectivity index (χ4n) is 10.0. The summed E-state index contributed by atoms with van der Waals surface area (Å²) in [6.45, 7) is 3.79. The largest absolute Gasteiger partial charge is 0.394 e. The molecule has 6 N–H and O–H groups in total. The monoisotopic (exact) mass is 980 g/mol. The second kappa shape index (κ2) is 50.5. The van der Waals surface area contributed by atoms with Crippen molar-refractivity contribution in [3.05, 3.63) is 12.2 Å². The molecule has 0 aromatic rings. The van der Waals surface area contributed by atoms with Crippen LogP contribution in [0.15, 0.2) is 12.2 Å². The minimum atomic E-state index is -1.56. The Morgan fingerprint density at radius 3 is 1.13 bits per heavy atom. The Morgan fingerprint density at radius 1 is 0.478 bits per heavy atom. The molecule has 2 unspecified atom stereocenters. The van der Waals surface area contributed by atoms with Crippen LogP contribution in [0.4, 0.5) is 0 Å². The van der Waals surface area contributed by atoms with Crippen LogP contribution in [0.25, 0.3) is 0 Å². The lowest BCUT2D eigenvalue weighted by Crippen LogP contribution is -2.60. The van der Waals surface area contributed by atoms with Crippen LogP contribution in [0.2, 0.25) is 0 Å². The third kappa shape index (κ3) is 40.1. The van der Waals surface area contributed by atoms with Gasteiger partial charge in [0.15, 0.2) is 6.29 Å². The van der Waals surface area contributed by atoms with E-state index in [1.807, 2.05) is 6.08 Å². The van der Waals surface area contributed by atoms with Gasteiger partial charge in [-0.2, -0.15) is 0 Å². The van der Waals surface area contributed by atoms with Crippen LogP contribution in [0, 0.1) is 0 Å². The van der Waals surface area contributed by atoms with Crippen molar-refractivity contribution < 1.29 is 39.8 Å². The molecule has 1 fully saturated rings. The summed E-state index contributed by atoms with van der Waals surface area (Å²) in [5.41, 5.74) is 0. The smallest absolute Gasteiger partial charge is 0.220 e. The Bertz CT molecular complexity index is 1090. The molecular formula is C60H117NO8. The van der Waals surface area contributed by atoms with E-state index in [9.17, 15) is 30.3 Å². The fraction of sp³-hybridized carbons (Fsp3) is 0.950. The average Bonchev–Trinajstić information content (AvgIpc) is 3.35. The summed E-state index contributed by atoms with van der Waals surface area (Å²) < 4.78 is 11.2. The molecule has 1 rings (SSSR count). The van der Waals surface area contributed by atoms with E-state index in [2.05, 4.69) is 19.2 Å². The maximum Gasteiger partial charge on any atom is 0.220 e. The first-order chi connectivity index (χ1) is 33.8. The minimum absolute atomic E-state index is 0.171. The molecule has 1 aliphatic rings. The zero-order chi connectivity index (χ0) is 50.1. The van der Waals surface area contributed by atoms with Gasteiger partial charge in [-0.15, -0.1) is 0 Å². The molecule has 0 aliphatic carbocycles. The number of nitrogens with one attached hydrogen (secondary N) is 1. The predicted molar refractivity (Wildman–Crippen MR) is 291 cm³/mol. The van der Waals surface area contributed by atoms with Crippen molar-refractivity contribution in [2.75, 3.05) is 13.2 Å². The summed E-state index contributed by atoms with van der Waals surface area (Å²) in [7, 11) is 0. The summed E-state index contributed by atoms with van der Waals surface area (Å²) in [5.74, 6) is -0.171. The third-order valence-corrected chi connectivity index (χ3v) is 14.9. The van der Waals surface area contributed by atoms with E-state index in [0.29, 0.717) is 6.42 Å². The molecule has 0 radical (unpaired) electrons. The van der Waals surface area contributed by atoms with Gasteiger partial charge in [0.25, 0.3) is 0 Å². The zero-order valence-electron chi connectivity index (χ0n) is 45.6. The van der Waals surface area contributed by atoms with Crippen molar-refractivity contribution in [2.45, 2.75) is 352 Å². The lowest BCUT2D eigenvalue weighted by molar-refractivity contribution is -0.302. The molecular weight excluding hydrogens is 863 g/mol. The van der Waals surface area contributed by atoms with Crippen molar-refractivity contribution in [3.8, 4) is 0 Å². The molecule has 69 heavy (non-hydrogen) atoms. The minimum Gasteiger partial charge on any atom is -0.394 e. The molecule has 7 atom stereocenters. The lowest BCUT2D eigenvalue weighted by Gasteiger charge is -2.40. The number of rotatable bonds is 53. The van der Waals surface area contributed by atoms with Gasteiger partial charge in [0.1, 0.15) is 24.4 Å². The topological polar surface area (TPSA) is 149 Å². The lowest BCUT2D eigenvalue weighted by atomic mass is 9.99.